The molecule has 0 aliphatic carbocycles. The Bertz CT molecular complexity index is 332. The summed E-state index contributed by atoms with van der Waals surface area (Å²) < 4.78 is 5.83. The zero-order valence-corrected chi connectivity index (χ0v) is 10.7. The van der Waals surface area contributed by atoms with Crippen LogP contribution in [-0.4, -0.2) is 6.10 Å². The summed E-state index contributed by atoms with van der Waals surface area (Å²) in [5, 5.41) is 0. The molecule has 0 aliphatic heterocycles. The minimum Gasteiger partial charge on any atom is -0.491 e. The number of aryl methyl sites for hydroxylation is 1. The average molecular weight is 206 g/mol. The summed E-state index contributed by atoms with van der Waals surface area (Å²) in [6.07, 6.45) is 0.230. The van der Waals surface area contributed by atoms with Gasteiger partial charge in [-0.05, 0) is 37.8 Å². The summed E-state index contributed by atoms with van der Waals surface area (Å²) >= 11 is 0. The molecule has 1 rings (SSSR count). The Morgan fingerprint density at radius 1 is 1.13 bits per heavy atom. The van der Waals surface area contributed by atoms with Crippen molar-refractivity contribution in [2.24, 2.45) is 0 Å². The number of benzene rings is 1. The van der Waals surface area contributed by atoms with E-state index in [0.717, 1.165) is 5.75 Å². The van der Waals surface area contributed by atoms with Crippen LogP contribution < -0.4 is 4.74 Å². The lowest BCUT2D eigenvalue weighted by Crippen LogP contribution is -2.16. The Morgan fingerprint density at radius 3 is 2.20 bits per heavy atom. The van der Waals surface area contributed by atoms with Gasteiger partial charge in [0.05, 0.1) is 6.10 Å². The largest absolute Gasteiger partial charge is 0.491 e. The van der Waals surface area contributed by atoms with Gasteiger partial charge in [-0.3, -0.25) is 0 Å². The second-order valence-electron chi connectivity index (χ2n) is 5.42. The Kier molecular flexibility index (Phi) is 3.43. The third-order valence-electron chi connectivity index (χ3n) is 2.31. The fourth-order valence-electron chi connectivity index (χ4n) is 1.59. The molecular weight excluding hydrogens is 184 g/mol. The zero-order valence-electron chi connectivity index (χ0n) is 10.7. The van der Waals surface area contributed by atoms with Crippen molar-refractivity contribution in [1.82, 2.24) is 0 Å². The zero-order chi connectivity index (χ0) is 11.6. The van der Waals surface area contributed by atoms with Crippen LogP contribution in [-0.2, 0) is 5.41 Å². The summed E-state index contributed by atoms with van der Waals surface area (Å²) in [5.41, 5.74) is 2.71. The van der Waals surface area contributed by atoms with Crippen LogP contribution >= 0.6 is 0 Å². The van der Waals surface area contributed by atoms with Crippen LogP contribution in [0.1, 0.15) is 45.7 Å². The molecule has 0 spiro atoms. The Hall–Kier alpha value is -0.980. The van der Waals surface area contributed by atoms with Crippen molar-refractivity contribution < 1.29 is 4.74 Å². The molecular formula is C14H22O. The standard InChI is InChI=1S/C14H22O/c1-10(2)15-13-8-7-11(3)9-12(13)14(4,5)6/h7-10H,1-6H3. The van der Waals surface area contributed by atoms with Crippen LogP contribution in [0.25, 0.3) is 0 Å². The average Bonchev–Trinajstić information content (AvgIpc) is 2.05. The minimum atomic E-state index is 0.135. The van der Waals surface area contributed by atoms with E-state index in [0.29, 0.717) is 0 Å². The fraction of sp³-hybridized carbons (Fsp3) is 0.571. The quantitative estimate of drug-likeness (QED) is 0.708. The molecule has 1 aromatic carbocycles. The van der Waals surface area contributed by atoms with Crippen LogP contribution in [0.3, 0.4) is 0 Å². The fourth-order valence-corrected chi connectivity index (χ4v) is 1.59. The van der Waals surface area contributed by atoms with E-state index in [1.165, 1.54) is 11.1 Å². The monoisotopic (exact) mass is 206 g/mol. The molecule has 1 heteroatoms. The van der Waals surface area contributed by atoms with Gasteiger partial charge in [0.1, 0.15) is 5.75 Å². The first-order valence-corrected chi connectivity index (χ1v) is 5.58. The van der Waals surface area contributed by atoms with E-state index in [4.69, 9.17) is 4.74 Å². The van der Waals surface area contributed by atoms with Gasteiger partial charge in [-0.2, -0.15) is 0 Å². The third-order valence-corrected chi connectivity index (χ3v) is 2.31. The predicted molar refractivity (Wildman–Crippen MR) is 65.6 cm³/mol. The number of ether oxygens (including phenoxy) is 1. The Labute approximate surface area is 93.5 Å². The highest BCUT2D eigenvalue weighted by atomic mass is 16.5. The topological polar surface area (TPSA) is 9.23 Å². The molecule has 0 aromatic heterocycles. The molecule has 0 unspecified atom stereocenters. The van der Waals surface area contributed by atoms with Crippen molar-refractivity contribution in [1.29, 1.82) is 0 Å². The second kappa shape index (κ2) is 4.26. The number of hydrogen-bond donors (Lipinski definition) is 0. The molecule has 0 atom stereocenters. The molecule has 0 amide bonds. The summed E-state index contributed by atoms with van der Waals surface area (Å²) in [5.74, 6) is 1.02. The van der Waals surface area contributed by atoms with E-state index in [1.54, 1.807) is 0 Å². The van der Waals surface area contributed by atoms with E-state index < -0.39 is 0 Å². The second-order valence-corrected chi connectivity index (χ2v) is 5.42. The smallest absolute Gasteiger partial charge is 0.123 e. The van der Waals surface area contributed by atoms with Gasteiger partial charge in [-0.1, -0.05) is 38.5 Å². The van der Waals surface area contributed by atoms with Gasteiger partial charge in [0.2, 0.25) is 0 Å². The van der Waals surface area contributed by atoms with Gasteiger partial charge in [0, 0.05) is 0 Å². The maximum absolute atomic E-state index is 5.83. The molecule has 0 heterocycles. The first-order chi connectivity index (χ1) is 6.80. The van der Waals surface area contributed by atoms with Crippen molar-refractivity contribution in [2.75, 3.05) is 0 Å². The third kappa shape index (κ3) is 3.26. The van der Waals surface area contributed by atoms with E-state index in [-0.39, 0.29) is 11.5 Å². The molecule has 0 fully saturated rings. The molecule has 0 saturated heterocycles. The van der Waals surface area contributed by atoms with Crippen molar-refractivity contribution in [2.45, 2.75) is 53.1 Å². The maximum Gasteiger partial charge on any atom is 0.123 e. The molecule has 84 valence electrons. The first-order valence-electron chi connectivity index (χ1n) is 5.58. The predicted octanol–water partition coefficient (Wildman–Crippen LogP) is 4.08. The highest BCUT2D eigenvalue weighted by Crippen LogP contribution is 2.32. The number of hydrogen-bond acceptors (Lipinski definition) is 1. The van der Waals surface area contributed by atoms with E-state index in [9.17, 15) is 0 Å². The molecule has 15 heavy (non-hydrogen) atoms. The minimum absolute atomic E-state index is 0.135. The van der Waals surface area contributed by atoms with Gasteiger partial charge in [-0.15, -0.1) is 0 Å². The van der Waals surface area contributed by atoms with E-state index >= 15 is 0 Å². The summed E-state index contributed by atoms with van der Waals surface area (Å²) in [4.78, 5) is 0. The van der Waals surface area contributed by atoms with Crippen molar-refractivity contribution in [3.05, 3.63) is 29.3 Å². The summed E-state index contributed by atoms with van der Waals surface area (Å²) in [6.45, 7) is 12.9. The lowest BCUT2D eigenvalue weighted by molar-refractivity contribution is 0.236. The maximum atomic E-state index is 5.83. The normalized spacial score (nSPS) is 11.9. The van der Waals surface area contributed by atoms with Crippen LogP contribution in [0.5, 0.6) is 5.75 Å². The molecule has 0 N–H and O–H groups in total. The molecule has 0 radical (unpaired) electrons. The Morgan fingerprint density at radius 2 is 1.73 bits per heavy atom. The van der Waals surface area contributed by atoms with E-state index in [2.05, 4.69) is 59.7 Å². The van der Waals surface area contributed by atoms with Gasteiger partial charge < -0.3 is 4.74 Å². The highest BCUT2D eigenvalue weighted by Gasteiger charge is 2.19. The first kappa shape index (κ1) is 12.1. The van der Waals surface area contributed by atoms with E-state index in [1.807, 2.05) is 0 Å². The highest BCUT2D eigenvalue weighted by molar-refractivity contribution is 5.41. The SMILES string of the molecule is Cc1ccc(OC(C)C)c(C(C)(C)C)c1. The van der Waals surface area contributed by atoms with Crippen LogP contribution in [0.2, 0.25) is 0 Å². The molecule has 0 bridgehead atoms. The van der Waals surface area contributed by atoms with Crippen LogP contribution in [0.15, 0.2) is 18.2 Å². The van der Waals surface area contributed by atoms with Crippen LogP contribution in [0.4, 0.5) is 0 Å². The Balaban J connectivity index is 3.15. The lowest BCUT2D eigenvalue weighted by Gasteiger charge is -2.24. The van der Waals surface area contributed by atoms with Gasteiger partial charge in [0.25, 0.3) is 0 Å². The van der Waals surface area contributed by atoms with Gasteiger partial charge >= 0.3 is 0 Å². The van der Waals surface area contributed by atoms with Crippen molar-refractivity contribution in [3.8, 4) is 5.75 Å². The molecule has 0 saturated carbocycles. The van der Waals surface area contributed by atoms with Gasteiger partial charge in [0.15, 0.2) is 0 Å². The van der Waals surface area contributed by atoms with Crippen LogP contribution in [0, 0.1) is 6.92 Å². The van der Waals surface area contributed by atoms with Crippen molar-refractivity contribution in [3.63, 3.8) is 0 Å². The lowest BCUT2D eigenvalue weighted by atomic mass is 9.85. The summed E-state index contributed by atoms with van der Waals surface area (Å²) in [7, 11) is 0. The molecule has 1 aromatic rings. The summed E-state index contributed by atoms with van der Waals surface area (Å²) in [6, 6.07) is 6.40. The molecule has 1 nitrogen and oxygen atoms in total. The van der Waals surface area contributed by atoms with Gasteiger partial charge in [-0.25, -0.2) is 0 Å². The number of rotatable bonds is 2. The van der Waals surface area contributed by atoms with Crippen molar-refractivity contribution >= 4 is 0 Å². The molecule has 0 aliphatic rings.